The number of rotatable bonds is 9. The lowest BCUT2D eigenvalue weighted by Gasteiger charge is -2.09. The fourth-order valence-electron chi connectivity index (χ4n) is 2.25. The van der Waals surface area contributed by atoms with Gasteiger partial charge in [-0.15, -0.1) is 0 Å². The van der Waals surface area contributed by atoms with Crippen LogP contribution >= 0.6 is 0 Å². The summed E-state index contributed by atoms with van der Waals surface area (Å²) in [4.78, 5) is 23.6. The standard InChI is InChI=1S/C20H23N3O4/c1-3-27-17-10-9-15(13-18(17)26-2)14-21-23-20(25)12-11-19(24)22-16-7-5-4-6-8-16/h4-10,13-14H,3,11-12H2,1-2H3,(H,22,24)(H,23,25). The van der Waals surface area contributed by atoms with Crippen LogP contribution in [0.3, 0.4) is 0 Å². The van der Waals surface area contributed by atoms with Gasteiger partial charge in [0.2, 0.25) is 11.8 Å². The molecule has 0 aromatic heterocycles. The topological polar surface area (TPSA) is 89.0 Å². The summed E-state index contributed by atoms with van der Waals surface area (Å²) in [6, 6.07) is 14.4. The van der Waals surface area contributed by atoms with Crippen LogP contribution in [0.4, 0.5) is 5.69 Å². The summed E-state index contributed by atoms with van der Waals surface area (Å²) in [5, 5.41) is 6.63. The van der Waals surface area contributed by atoms with Crippen LogP contribution < -0.4 is 20.2 Å². The summed E-state index contributed by atoms with van der Waals surface area (Å²) in [7, 11) is 1.56. The molecule has 2 aromatic rings. The third-order valence-electron chi connectivity index (χ3n) is 3.53. The van der Waals surface area contributed by atoms with Gasteiger partial charge in [-0.05, 0) is 42.8 Å². The minimum absolute atomic E-state index is 0.0443. The molecule has 2 amide bonds. The molecule has 0 atom stereocenters. The van der Waals surface area contributed by atoms with Gasteiger partial charge in [0.25, 0.3) is 0 Å². The van der Waals surface area contributed by atoms with Crippen LogP contribution in [0.15, 0.2) is 53.6 Å². The first-order valence-electron chi connectivity index (χ1n) is 8.60. The number of benzene rings is 2. The molecule has 0 aliphatic carbocycles. The van der Waals surface area contributed by atoms with Gasteiger partial charge in [-0.25, -0.2) is 5.43 Å². The fraction of sp³-hybridized carbons (Fsp3) is 0.250. The number of nitrogens with one attached hydrogen (secondary N) is 2. The highest BCUT2D eigenvalue weighted by molar-refractivity contribution is 5.93. The summed E-state index contributed by atoms with van der Waals surface area (Å²) in [5.74, 6) is 0.666. The average molecular weight is 369 g/mol. The van der Waals surface area contributed by atoms with E-state index in [1.54, 1.807) is 37.4 Å². The number of amides is 2. The zero-order chi connectivity index (χ0) is 19.5. The zero-order valence-corrected chi connectivity index (χ0v) is 15.4. The number of ether oxygens (including phenoxy) is 2. The van der Waals surface area contributed by atoms with Crippen LogP contribution in [0.2, 0.25) is 0 Å². The molecule has 0 saturated heterocycles. The Hall–Kier alpha value is -3.35. The molecule has 2 aromatic carbocycles. The van der Waals surface area contributed by atoms with E-state index in [2.05, 4.69) is 15.8 Å². The Balaban J connectivity index is 1.78. The van der Waals surface area contributed by atoms with Crippen molar-refractivity contribution in [2.75, 3.05) is 19.0 Å². The van der Waals surface area contributed by atoms with Gasteiger partial charge in [-0.1, -0.05) is 18.2 Å². The van der Waals surface area contributed by atoms with E-state index in [1.165, 1.54) is 6.21 Å². The molecule has 0 aliphatic heterocycles. The minimum atomic E-state index is -0.340. The second kappa shape index (κ2) is 10.6. The van der Waals surface area contributed by atoms with Gasteiger partial charge in [0.1, 0.15) is 0 Å². The summed E-state index contributed by atoms with van der Waals surface area (Å²) in [6.07, 6.45) is 1.62. The molecule has 27 heavy (non-hydrogen) atoms. The number of anilines is 1. The van der Waals surface area contributed by atoms with E-state index in [0.717, 1.165) is 5.56 Å². The van der Waals surface area contributed by atoms with Gasteiger partial charge in [0, 0.05) is 18.5 Å². The number of hydrazone groups is 1. The molecule has 0 aliphatic rings. The Morgan fingerprint density at radius 1 is 1.04 bits per heavy atom. The van der Waals surface area contributed by atoms with Crippen LogP contribution in [0, 0.1) is 0 Å². The Morgan fingerprint density at radius 2 is 1.78 bits per heavy atom. The third-order valence-corrected chi connectivity index (χ3v) is 3.53. The Kier molecular flexibility index (Phi) is 7.84. The van der Waals surface area contributed by atoms with Crippen molar-refractivity contribution in [2.24, 2.45) is 5.10 Å². The maximum atomic E-state index is 11.8. The second-order valence-electron chi connectivity index (χ2n) is 5.55. The van der Waals surface area contributed by atoms with Gasteiger partial charge in [-0.3, -0.25) is 9.59 Å². The number of carbonyl (C=O) groups is 2. The van der Waals surface area contributed by atoms with Gasteiger partial charge in [0.05, 0.1) is 19.9 Å². The fourth-order valence-corrected chi connectivity index (χ4v) is 2.25. The van der Waals surface area contributed by atoms with Crippen LogP contribution in [-0.4, -0.2) is 31.7 Å². The quantitative estimate of drug-likeness (QED) is 0.525. The Bertz CT molecular complexity index is 791. The highest BCUT2D eigenvalue weighted by Gasteiger charge is 2.07. The van der Waals surface area contributed by atoms with E-state index >= 15 is 0 Å². The summed E-state index contributed by atoms with van der Waals surface area (Å²) >= 11 is 0. The van der Waals surface area contributed by atoms with E-state index < -0.39 is 0 Å². The molecule has 2 rings (SSSR count). The minimum Gasteiger partial charge on any atom is -0.493 e. The molecule has 0 bridgehead atoms. The average Bonchev–Trinajstić information content (AvgIpc) is 2.68. The molecule has 0 unspecified atom stereocenters. The summed E-state index contributed by atoms with van der Waals surface area (Å²) in [6.45, 7) is 2.43. The lowest BCUT2D eigenvalue weighted by atomic mass is 10.2. The molecule has 0 fully saturated rings. The highest BCUT2D eigenvalue weighted by Crippen LogP contribution is 2.27. The van der Waals surface area contributed by atoms with E-state index in [9.17, 15) is 9.59 Å². The maximum absolute atomic E-state index is 11.8. The third kappa shape index (κ3) is 6.81. The first-order chi connectivity index (χ1) is 13.1. The number of carbonyl (C=O) groups excluding carboxylic acids is 2. The molecular weight excluding hydrogens is 346 g/mol. The number of para-hydroxylation sites is 1. The van der Waals surface area contributed by atoms with Gasteiger partial charge < -0.3 is 14.8 Å². The van der Waals surface area contributed by atoms with E-state index in [0.29, 0.717) is 23.8 Å². The first-order valence-corrected chi connectivity index (χ1v) is 8.60. The molecule has 0 spiro atoms. The monoisotopic (exact) mass is 369 g/mol. The Labute approximate surface area is 158 Å². The van der Waals surface area contributed by atoms with E-state index in [1.807, 2.05) is 25.1 Å². The SMILES string of the molecule is CCOc1ccc(C=NNC(=O)CCC(=O)Nc2ccccc2)cc1OC. The zero-order valence-electron chi connectivity index (χ0n) is 15.4. The largest absolute Gasteiger partial charge is 0.493 e. The Morgan fingerprint density at radius 3 is 2.48 bits per heavy atom. The predicted octanol–water partition coefficient (Wildman–Crippen LogP) is 2.96. The maximum Gasteiger partial charge on any atom is 0.240 e. The summed E-state index contributed by atoms with van der Waals surface area (Å²) < 4.78 is 10.7. The van der Waals surface area contributed by atoms with Gasteiger partial charge in [0.15, 0.2) is 11.5 Å². The lowest BCUT2D eigenvalue weighted by Crippen LogP contribution is -2.20. The van der Waals surface area contributed by atoms with Crippen LogP contribution in [-0.2, 0) is 9.59 Å². The van der Waals surface area contributed by atoms with Crippen molar-refractivity contribution in [1.82, 2.24) is 5.43 Å². The first kappa shape index (κ1) is 20.0. The molecule has 0 saturated carbocycles. The van der Waals surface area contributed by atoms with Gasteiger partial charge >= 0.3 is 0 Å². The molecule has 2 N–H and O–H groups in total. The second-order valence-corrected chi connectivity index (χ2v) is 5.55. The van der Waals surface area contributed by atoms with Crippen LogP contribution in [0.25, 0.3) is 0 Å². The van der Waals surface area contributed by atoms with E-state index in [-0.39, 0.29) is 24.7 Å². The van der Waals surface area contributed by atoms with E-state index in [4.69, 9.17) is 9.47 Å². The van der Waals surface area contributed by atoms with Crippen molar-refractivity contribution in [3.05, 3.63) is 54.1 Å². The molecule has 0 heterocycles. The lowest BCUT2D eigenvalue weighted by molar-refractivity contribution is -0.124. The number of hydrogen-bond acceptors (Lipinski definition) is 5. The van der Waals surface area contributed by atoms with Crippen molar-refractivity contribution in [2.45, 2.75) is 19.8 Å². The normalized spacial score (nSPS) is 10.4. The molecular formula is C20H23N3O4. The number of methoxy groups -OCH3 is 1. The number of nitrogens with zero attached hydrogens (tertiary/aromatic N) is 1. The van der Waals surface area contributed by atoms with Gasteiger partial charge in [-0.2, -0.15) is 5.10 Å². The van der Waals surface area contributed by atoms with Crippen molar-refractivity contribution in [3.63, 3.8) is 0 Å². The molecule has 0 radical (unpaired) electrons. The van der Waals surface area contributed by atoms with Crippen LogP contribution in [0.5, 0.6) is 11.5 Å². The smallest absolute Gasteiger partial charge is 0.240 e. The van der Waals surface area contributed by atoms with Crippen molar-refractivity contribution < 1.29 is 19.1 Å². The van der Waals surface area contributed by atoms with Crippen molar-refractivity contribution in [3.8, 4) is 11.5 Å². The molecule has 142 valence electrons. The van der Waals surface area contributed by atoms with Crippen molar-refractivity contribution in [1.29, 1.82) is 0 Å². The highest BCUT2D eigenvalue weighted by atomic mass is 16.5. The predicted molar refractivity (Wildman–Crippen MR) is 104 cm³/mol. The van der Waals surface area contributed by atoms with Crippen molar-refractivity contribution >= 4 is 23.7 Å². The molecule has 7 heteroatoms. The van der Waals surface area contributed by atoms with Crippen LogP contribution in [0.1, 0.15) is 25.3 Å². The molecule has 7 nitrogen and oxygen atoms in total. The number of hydrogen-bond donors (Lipinski definition) is 2. The summed E-state index contributed by atoms with van der Waals surface area (Å²) in [5.41, 5.74) is 3.85.